The maximum Gasteiger partial charge on any atom is 0.0593 e. The smallest absolute Gasteiger partial charge is 0.0593 e. The zero-order valence-corrected chi connectivity index (χ0v) is 11.3. The summed E-state index contributed by atoms with van der Waals surface area (Å²) in [6.45, 7) is 8.98. The van der Waals surface area contributed by atoms with E-state index in [0.717, 1.165) is 31.7 Å². The molecule has 0 aromatic rings. The lowest BCUT2D eigenvalue weighted by Gasteiger charge is -2.27. The van der Waals surface area contributed by atoms with Crippen LogP contribution in [0.1, 0.15) is 39.0 Å². The molecule has 1 saturated carbocycles. The van der Waals surface area contributed by atoms with E-state index in [-0.39, 0.29) is 0 Å². The summed E-state index contributed by atoms with van der Waals surface area (Å²) in [7, 11) is 0. The summed E-state index contributed by atoms with van der Waals surface area (Å²) in [5.41, 5.74) is 0. The molecule has 2 rings (SSSR count). The van der Waals surface area contributed by atoms with Crippen LogP contribution < -0.4 is 5.32 Å². The fourth-order valence-corrected chi connectivity index (χ4v) is 3.17. The van der Waals surface area contributed by atoms with Gasteiger partial charge < -0.3 is 15.0 Å². The number of hydrogen-bond donors (Lipinski definition) is 1. The Morgan fingerprint density at radius 2 is 2.12 bits per heavy atom. The molecule has 3 heteroatoms. The van der Waals surface area contributed by atoms with E-state index >= 15 is 0 Å². The van der Waals surface area contributed by atoms with Crippen molar-refractivity contribution < 1.29 is 4.74 Å². The molecule has 1 aliphatic heterocycles. The fraction of sp³-hybridized carbons (Fsp3) is 1.00. The molecule has 1 heterocycles. The van der Waals surface area contributed by atoms with Crippen molar-refractivity contribution in [2.75, 3.05) is 39.4 Å². The summed E-state index contributed by atoms with van der Waals surface area (Å²) in [4.78, 5) is 2.61. The molecule has 1 saturated heterocycles. The molecule has 17 heavy (non-hydrogen) atoms. The second kappa shape index (κ2) is 7.34. The standard InChI is InChI=1S/C14H28N2O/c1-2-7-15-14-6-3-5-13(14)12-16-8-4-10-17-11-9-16/h13-15H,2-12H2,1H3. The minimum absolute atomic E-state index is 0.777. The molecule has 100 valence electrons. The van der Waals surface area contributed by atoms with Crippen LogP contribution in [0.4, 0.5) is 0 Å². The normalized spacial score (nSPS) is 31.6. The van der Waals surface area contributed by atoms with Crippen molar-refractivity contribution in [1.29, 1.82) is 0 Å². The van der Waals surface area contributed by atoms with Gasteiger partial charge in [0.2, 0.25) is 0 Å². The summed E-state index contributed by atoms with van der Waals surface area (Å²) in [5, 5.41) is 3.73. The SMILES string of the molecule is CCCNC1CCCC1CN1CCCOCC1. The molecule has 0 spiro atoms. The van der Waals surface area contributed by atoms with Crippen molar-refractivity contribution in [2.24, 2.45) is 5.92 Å². The van der Waals surface area contributed by atoms with Crippen LogP contribution in [0.2, 0.25) is 0 Å². The van der Waals surface area contributed by atoms with E-state index in [1.54, 1.807) is 0 Å². The Bertz CT molecular complexity index is 202. The van der Waals surface area contributed by atoms with E-state index in [1.807, 2.05) is 0 Å². The first-order valence-corrected chi connectivity index (χ1v) is 7.43. The minimum Gasteiger partial charge on any atom is -0.380 e. The van der Waals surface area contributed by atoms with E-state index in [2.05, 4.69) is 17.1 Å². The molecule has 0 amide bonds. The third kappa shape index (κ3) is 4.23. The van der Waals surface area contributed by atoms with Crippen LogP contribution in [0.5, 0.6) is 0 Å². The van der Waals surface area contributed by atoms with Crippen LogP contribution in [-0.2, 0) is 4.74 Å². The van der Waals surface area contributed by atoms with Crippen molar-refractivity contribution in [1.82, 2.24) is 10.2 Å². The van der Waals surface area contributed by atoms with E-state index in [4.69, 9.17) is 4.74 Å². The number of hydrogen-bond acceptors (Lipinski definition) is 3. The Kier molecular flexibility index (Phi) is 5.75. The first kappa shape index (κ1) is 13.3. The number of nitrogens with zero attached hydrogens (tertiary/aromatic N) is 1. The molecule has 2 fully saturated rings. The first-order valence-electron chi connectivity index (χ1n) is 7.43. The van der Waals surface area contributed by atoms with Crippen LogP contribution >= 0.6 is 0 Å². The maximum absolute atomic E-state index is 5.52. The van der Waals surface area contributed by atoms with Gasteiger partial charge in [-0.25, -0.2) is 0 Å². The molecule has 2 unspecified atom stereocenters. The van der Waals surface area contributed by atoms with Gasteiger partial charge in [0.05, 0.1) is 6.61 Å². The Balaban J connectivity index is 1.75. The van der Waals surface area contributed by atoms with Gasteiger partial charge in [0, 0.05) is 32.3 Å². The van der Waals surface area contributed by atoms with Gasteiger partial charge in [-0.1, -0.05) is 13.3 Å². The highest BCUT2D eigenvalue weighted by molar-refractivity contribution is 4.85. The Morgan fingerprint density at radius 3 is 3.00 bits per heavy atom. The summed E-state index contributed by atoms with van der Waals surface area (Å²) in [5.74, 6) is 0.875. The lowest BCUT2D eigenvalue weighted by atomic mass is 10.0. The molecule has 0 aromatic heterocycles. The topological polar surface area (TPSA) is 24.5 Å². The van der Waals surface area contributed by atoms with Gasteiger partial charge in [-0.3, -0.25) is 0 Å². The highest BCUT2D eigenvalue weighted by atomic mass is 16.5. The summed E-state index contributed by atoms with van der Waals surface area (Å²) in [6, 6.07) is 0.777. The van der Waals surface area contributed by atoms with Crippen molar-refractivity contribution in [3.05, 3.63) is 0 Å². The van der Waals surface area contributed by atoms with E-state index in [0.29, 0.717) is 0 Å². The molecule has 0 bridgehead atoms. The molecule has 3 nitrogen and oxygen atoms in total. The molecule has 2 aliphatic rings. The van der Waals surface area contributed by atoms with E-state index in [1.165, 1.54) is 51.7 Å². The van der Waals surface area contributed by atoms with Gasteiger partial charge in [-0.15, -0.1) is 0 Å². The van der Waals surface area contributed by atoms with Gasteiger partial charge in [0.1, 0.15) is 0 Å². The summed E-state index contributed by atoms with van der Waals surface area (Å²) >= 11 is 0. The van der Waals surface area contributed by atoms with E-state index < -0.39 is 0 Å². The first-order chi connectivity index (χ1) is 8.40. The van der Waals surface area contributed by atoms with Gasteiger partial charge in [0.15, 0.2) is 0 Å². The van der Waals surface area contributed by atoms with Gasteiger partial charge >= 0.3 is 0 Å². The van der Waals surface area contributed by atoms with Crippen molar-refractivity contribution >= 4 is 0 Å². The zero-order chi connectivity index (χ0) is 11.9. The summed E-state index contributed by atoms with van der Waals surface area (Å²) in [6.07, 6.45) is 6.67. The number of nitrogens with one attached hydrogen (secondary N) is 1. The van der Waals surface area contributed by atoms with Crippen LogP contribution in [0, 0.1) is 5.92 Å². The predicted molar refractivity (Wildman–Crippen MR) is 71.3 cm³/mol. The van der Waals surface area contributed by atoms with Gasteiger partial charge in [-0.2, -0.15) is 0 Å². The monoisotopic (exact) mass is 240 g/mol. The molecular weight excluding hydrogens is 212 g/mol. The zero-order valence-electron chi connectivity index (χ0n) is 11.3. The van der Waals surface area contributed by atoms with Crippen molar-refractivity contribution in [3.8, 4) is 0 Å². The molecule has 1 aliphatic carbocycles. The molecule has 1 N–H and O–H groups in total. The fourth-order valence-electron chi connectivity index (χ4n) is 3.17. The predicted octanol–water partition coefficient (Wildman–Crippen LogP) is 1.88. The number of rotatable bonds is 5. The largest absolute Gasteiger partial charge is 0.380 e. The lowest BCUT2D eigenvalue weighted by molar-refractivity contribution is 0.137. The Hall–Kier alpha value is -0.120. The van der Waals surface area contributed by atoms with Crippen molar-refractivity contribution in [3.63, 3.8) is 0 Å². The van der Waals surface area contributed by atoms with Gasteiger partial charge in [-0.05, 0) is 38.1 Å². The highest BCUT2D eigenvalue weighted by Gasteiger charge is 2.28. The average molecular weight is 240 g/mol. The molecule has 2 atom stereocenters. The molecule has 0 aromatic carbocycles. The number of ether oxygens (including phenoxy) is 1. The second-order valence-corrected chi connectivity index (χ2v) is 5.52. The van der Waals surface area contributed by atoms with E-state index in [9.17, 15) is 0 Å². The third-order valence-electron chi connectivity index (χ3n) is 4.12. The van der Waals surface area contributed by atoms with Crippen LogP contribution in [-0.4, -0.2) is 50.3 Å². The Morgan fingerprint density at radius 1 is 1.18 bits per heavy atom. The summed E-state index contributed by atoms with van der Waals surface area (Å²) < 4.78 is 5.52. The second-order valence-electron chi connectivity index (χ2n) is 5.52. The van der Waals surface area contributed by atoms with Crippen LogP contribution in [0.25, 0.3) is 0 Å². The molecule has 0 radical (unpaired) electrons. The quantitative estimate of drug-likeness (QED) is 0.794. The average Bonchev–Trinajstić information content (AvgIpc) is 2.61. The Labute approximate surface area is 106 Å². The highest BCUT2D eigenvalue weighted by Crippen LogP contribution is 2.26. The third-order valence-corrected chi connectivity index (χ3v) is 4.12. The maximum atomic E-state index is 5.52. The lowest BCUT2D eigenvalue weighted by Crippen LogP contribution is -2.40. The minimum atomic E-state index is 0.777. The van der Waals surface area contributed by atoms with Crippen LogP contribution in [0.3, 0.4) is 0 Å². The van der Waals surface area contributed by atoms with Crippen molar-refractivity contribution in [2.45, 2.75) is 45.1 Å². The van der Waals surface area contributed by atoms with Crippen LogP contribution in [0.15, 0.2) is 0 Å². The van der Waals surface area contributed by atoms with Gasteiger partial charge in [0.25, 0.3) is 0 Å². The molecular formula is C14H28N2O.